The molecule has 0 unspecified atom stereocenters. The van der Waals surface area contributed by atoms with Gasteiger partial charge >= 0.3 is 0 Å². The summed E-state index contributed by atoms with van der Waals surface area (Å²) in [4.78, 5) is 12.7. The molecule has 1 N–H and O–H groups in total. The molecule has 4 rings (SSSR count). The van der Waals surface area contributed by atoms with Crippen molar-refractivity contribution in [2.45, 2.75) is 32.9 Å². The Morgan fingerprint density at radius 2 is 1.61 bits per heavy atom. The number of carbonyl (C=O) groups is 1. The van der Waals surface area contributed by atoms with E-state index in [0.29, 0.717) is 16.0 Å². The van der Waals surface area contributed by atoms with Crippen molar-refractivity contribution in [3.63, 3.8) is 0 Å². The average molecular weight is 477 g/mol. The highest BCUT2D eigenvalue weighted by atomic mass is 35.5. The number of nitrogens with zero attached hydrogens (tertiary/aromatic N) is 3. The van der Waals surface area contributed by atoms with Crippen LogP contribution >= 0.6 is 23.4 Å². The minimum atomic E-state index is -0.0901. The topological polar surface area (TPSA) is 59.8 Å². The van der Waals surface area contributed by atoms with Crippen LogP contribution in [0.15, 0.2) is 65.8 Å². The minimum absolute atomic E-state index is 0.0901. The predicted octanol–water partition coefficient (Wildman–Crippen LogP) is 6.55. The number of anilines is 1. The first kappa shape index (κ1) is 23.1. The van der Waals surface area contributed by atoms with Crippen LogP contribution in [-0.4, -0.2) is 26.4 Å². The summed E-state index contributed by atoms with van der Waals surface area (Å²) in [6.07, 6.45) is 0. The third kappa shape index (κ3) is 5.46. The van der Waals surface area contributed by atoms with Gasteiger partial charge in [-0.2, -0.15) is 0 Å². The summed E-state index contributed by atoms with van der Waals surface area (Å²) in [7, 11) is 0. The molecule has 4 aromatic rings. The van der Waals surface area contributed by atoms with Gasteiger partial charge in [0.2, 0.25) is 5.91 Å². The van der Waals surface area contributed by atoms with Gasteiger partial charge in [0.25, 0.3) is 0 Å². The van der Waals surface area contributed by atoms with Crippen LogP contribution in [0.2, 0.25) is 5.02 Å². The Bertz CT molecular complexity index is 1290. The van der Waals surface area contributed by atoms with Crippen molar-refractivity contribution in [1.82, 2.24) is 14.8 Å². The molecule has 0 atom stereocenters. The maximum atomic E-state index is 12.7. The van der Waals surface area contributed by atoms with Crippen molar-refractivity contribution in [2.75, 3.05) is 11.1 Å². The van der Waals surface area contributed by atoms with Crippen molar-refractivity contribution in [2.24, 2.45) is 0 Å². The Morgan fingerprint density at radius 1 is 0.909 bits per heavy atom. The Labute approximate surface area is 203 Å². The molecule has 0 saturated carbocycles. The van der Waals surface area contributed by atoms with E-state index < -0.39 is 0 Å². The van der Waals surface area contributed by atoms with E-state index in [0.717, 1.165) is 28.1 Å². The van der Waals surface area contributed by atoms with Crippen LogP contribution in [0.3, 0.4) is 0 Å². The number of aromatic nitrogens is 3. The number of nitrogens with one attached hydrogen (secondary N) is 1. The lowest BCUT2D eigenvalue weighted by molar-refractivity contribution is -0.113. The average Bonchev–Trinajstić information content (AvgIpc) is 3.18. The number of rotatable bonds is 6. The maximum absolute atomic E-state index is 12.7. The van der Waals surface area contributed by atoms with Crippen LogP contribution in [-0.2, 0) is 4.79 Å². The van der Waals surface area contributed by atoms with Gasteiger partial charge in [0.15, 0.2) is 11.0 Å². The van der Waals surface area contributed by atoms with Gasteiger partial charge in [-0.3, -0.25) is 9.36 Å². The molecule has 1 amide bonds. The van der Waals surface area contributed by atoms with E-state index >= 15 is 0 Å². The fraction of sp³-hybridized carbons (Fsp3) is 0.192. The SMILES string of the molecule is Cc1cc(C)cc(NC(=O)CSc2nnc(-c3ccc(Cl)cc3)n2-c2ccc(C)c(C)c2)c1. The normalized spacial score (nSPS) is 10.9. The number of halogens is 1. The third-order valence-electron chi connectivity index (χ3n) is 5.32. The summed E-state index contributed by atoms with van der Waals surface area (Å²) >= 11 is 7.44. The van der Waals surface area contributed by atoms with Crippen LogP contribution in [0, 0.1) is 27.7 Å². The highest BCUT2D eigenvalue weighted by molar-refractivity contribution is 7.99. The van der Waals surface area contributed by atoms with Gasteiger partial charge in [-0.15, -0.1) is 10.2 Å². The van der Waals surface area contributed by atoms with Crippen molar-refractivity contribution >= 4 is 35.0 Å². The first-order chi connectivity index (χ1) is 15.8. The van der Waals surface area contributed by atoms with Crippen molar-refractivity contribution in [3.8, 4) is 17.1 Å². The lowest BCUT2D eigenvalue weighted by Gasteiger charge is -2.12. The van der Waals surface area contributed by atoms with Crippen molar-refractivity contribution < 1.29 is 4.79 Å². The molecule has 0 fully saturated rings. The highest BCUT2D eigenvalue weighted by Gasteiger charge is 2.18. The highest BCUT2D eigenvalue weighted by Crippen LogP contribution is 2.29. The number of hydrogen-bond donors (Lipinski definition) is 1. The van der Waals surface area contributed by atoms with E-state index in [4.69, 9.17) is 11.6 Å². The zero-order valence-electron chi connectivity index (χ0n) is 19.0. The maximum Gasteiger partial charge on any atom is 0.234 e. The second-order valence-corrected chi connectivity index (χ2v) is 9.51. The molecule has 3 aromatic carbocycles. The van der Waals surface area contributed by atoms with Crippen LogP contribution < -0.4 is 5.32 Å². The Balaban J connectivity index is 1.62. The van der Waals surface area contributed by atoms with Crippen LogP contribution in [0.5, 0.6) is 0 Å². The summed E-state index contributed by atoms with van der Waals surface area (Å²) in [6.45, 7) is 8.19. The molecule has 0 aliphatic carbocycles. The van der Waals surface area contributed by atoms with E-state index in [-0.39, 0.29) is 11.7 Å². The lowest BCUT2D eigenvalue weighted by atomic mass is 10.1. The van der Waals surface area contributed by atoms with E-state index in [9.17, 15) is 4.79 Å². The van der Waals surface area contributed by atoms with E-state index in [2.05, 4.69) is 47.6 Å². The molecule has 168 valence electrons. The van der Waals surface area contributed by atoms with Crippen molar-refractivity contribution in [1.29, 1.82) is 0 Å². The lowest BCUT2D eigenvalue weighted by Crippen LogP contribution is -2.14. The standard InChI is InChI=1S/C26H25ClN4OS/c1-16-11-17(2)13-22(12-16)28-24(32)15-33-26-30-29-25(20-6-8-21(27)9-7-20)31(26)23-10-5-18(3)19(4)14-23/h5-14H,15H2,1-4H3,(H,28,32). The second-order valence-electron chi connectivity index (χ2n) is 8.13. The van der Waals surface area contributed by atoms with Gasteiger partial charge in [-0.1, -0.05) is 35.5 Å². The fourth-order valence-electron chi connectivity index (χ4n) is 3.62. The van der Waals surface area contributed by atoms with Crippen LogP contribution in [0.4, 0.5) is 5.69 Å². The molecule has 0 spiro atoms. The number of carbonyl (C=O) groups excluding carboxylic acids is 1. The monoisotopic (exact) mass is 476 g/mol. The van der Waals surface area contributed by atoms with Gasteiger partial charge in [0.1, 0.15) is 0 Å². The van der Waals surface area contributed by atoms with Crippen LogP contribution in [0.1, 0.15) is 22.3 Å². The van der Waals surface area contributed by atoms with Gasteiger partial charge < -0.3 is 5.32 Å². The zero-order chi connectivity index (χ0) is 23.5. The van der Waals surface area contributed by atoms with Gasteiger partial charge in [0.05, 0.1) is 11.4 Å². The molecular formula is C26H25ClN4OS. The number of hydrogen-bond acceptors (Lipinski definition) is 4. The second kappa shape index (κ2) is 9.81. The Kier molecular flexibility index (Phi) is 6.86. The van der Waals surface area contributed by atoms with Gasteiger partial charge in [0, 0.05) is 16.3 Å². The molecule has 5 nitrogen and oxygen atoms in total. The molecule has 1 heterocycles. The summed E-state index contributed by atoms with van der Waals surface area (Å²) in [6, 6.07) is 19.8. The quantitative estimate of drug-likeness (QED) is 0.320. The first-order valence-electron chi connectivity index (χ1n) is 10.6. The molecule has 1 aromatic heterocycles. The zero-order valence-corrected chi connectivity index (χ0v) is 20.6. The van der Waals surface area contributed by atoms with Gasteiger partial charge in [-0.05, 0) is 98.5 Å². The van der Waals surface area contributed by atoms with E-state index in [1.165, 1.54) is 22.9 Å². The predicted molar refractivity (Wildman–Crippen MR) is 137 cm³/mol. The molecule has 0 aliphatic rings. The van der Waals surface area contributed by atoms with Crippen LogP contribution in [0.25, 0.3) is 17.1 Å². The molecule has 0 saturated heterocycles. The largest absolute Gasteiger partial charge is 0.325 e. The smallest absolute Gasteiger partial charge is 0.234 e. The van der Waals surface area contributed by atoms with Crippen molar-refractivity contribution in [3.05, 3.63) is 87.9 Å². The summed E-state index contributed by atoms with van der Waals surface area (Å²) in [5.41, 5.74) is 7.26. The molecular weight excluding hydrogens is 452 g/mol. The molecule has 0 radical (unpaired) electrons. The first-order valence-corrected chi connectivity index (χ1v) is 12.0. The Hall–Kier alpha value is -3.09. The number of amides is 1. The summed E-state index contributed by atoms with van der Waals surface area (Å²) < 4.78 is 1.99. The molecule has 7 heteroatoms. The number of benzene rings is 3. The summed E-state index contributed by atoms with van der Waals surface area (Å²) in [5.74, 6) is 0.830. The third-order valence-corrected chi connectivity index (χ3v) is 6.50. The van der Waals surface area contributed by atoms with Gasteiger partial charge in [-0.25, -0.2) is 0 Å². The Morgan fingerprint density at radius 3 is 2.27 bits per heavy atom. The van der Waals surface area contributed by atoms with E-state index in [1.54, 1.807) is 0 Å². The fourth-order valence-corrected chi connectivity index (χ4v) is 4.50. The molecule has 0 aliphatic heterocycles. The molecule has 0 bridgehead atoms. The summed E-state index contributed by atoms with van der Waals surface area (Å²) in [5, 5.41) is 13.2. The molecule has 33 heavy (non-hydrogen) atoms. The minimum Gasteiger partial charge on any atom is -0.325 e. The number of thioether (sulfide) groups is 1. The number of aryl methyl sites for hydroxylation is 4. The van der Waals surface area contributed by atoms with E-state index in [1.807, 2.05) is 60.9 Å².